The molecule has 194 valence electrons. The second-order valence-electron chi connectivity index (χ2n) is 8.32. The number of aliphatic hydroxyl groups excluding tert-OH is 1. The standard InChI is InChI=1S/C25H48NO6P/c1-2-3-4-5-6-7-8-9-10-11-12-13-14-15-16-17-18-19-21-30-23-25(27)24-32-33(28,29)31-22-20-26/h9-10,25,27H,2-8,11-18,20,22-24,26H2,1H3,(H,28,29)/b10-9-/t25-/m1/s1. The van der Waals surface area contributed by atoms with Gasteiger partial charge in [0.2, 0.25) is 0 Å². The van der Waals surface area contributed by atoms with Gasteiger partial charge in [0.25, 0.3) is 0 Å². The average Bonchev–Trinajstić information content (AvgIpc) is 2.80. The van der Waals surface area contributed by atoms with E-state index in [9.17, 15) is 14.6 Å². The van der Waals surface area contributed by atoms with Gasteiger partial charge in [0.1, 0.15) is 18.8 Å². The van der Waals surface area contributed by atoms with Crippen LogP contribution in [-0.2, 0) is 18.3 Å². The summed E-state index contributed by atoms with van der Waals surface area (Å²) < 4.78 is 25.6. The first-order valence-corrected chi connectivity index (χ1v) is 14.3. The van der Waals surface area contributed by atoms with E-state index >= 15 is 0 Å². The third-order valence-electron chi connectivity index (χ3n) is 5.04. The van der Waals surface area contributed by atoms with Gasteiger partial charge in [-0.25, -0.2) is 4.57 Å². The molecule has 0 aromatic carbocycles. The Balaban J connectivity index is 3.41. The third-order valence-corrected chi connectivity index (χ3v) is 6.02. The molecule has 2 atom stereocenters. The fourth-order valence-corrected chi connectivity index (χ4v) is 3.91. The predicted molar refractivity (Wildman–Crippen MR) is 135 cm³/mol. The highest BCUT2D eigenvalue weighted by atomic mass is 31.2. The SMILES string of the molecule is CCCCCCCC/C=C\CCCCCCCCC#COC[C@@H](O)COP(=O)(O)OCCN. The molecule has 0 saturated heterocycles. The molecular weight excluding hydrogens is 441 g/mol. The van der Waals surface area contributed by atoms with Crippen LogP contribution in [0.4, 0.5) is 0 Å². The van der Waals surface area contributed by atoms with Crippen molar-refractivity contribution in [3.8, 4) is 12.0 Å². The number of unbranched alkanes of at least 4 members (excludes halogenated alkanes) is 13. The zero-order chi connectivity index (χ0) is 24.5. The predicted octanol–water partition coefficient (Wildman–Crippen LogP) is 5.84. The van der Waals surface area contributed by atoms with Gasteiger partial charge in [0, 0.05) is 13.0 Å². The number of rotatable bonds is 23. The number of ether oxygens (including phenoxy) is 1. The normalized spacial score (nSPS) is 14.1. The Morgan fingerprint density at radius 1 is 0.879 bits per heavy atom. The molecule has 7 nitrogen and oxygen atoms in total. The topological polar surface area (TPSA) is 111 Å². The lowest BCUT2D eigenvalue weighted by Crippen LogP contribution is -2.20. The average molecular weight is 490 g/mol. The lowest BCUT2D eigenvalue weighted by Gasteiger charge is -2.14. The summed E-state index contributed by atoms with van der Waals surface area (Å²) in [7, 11) is -4.18. The quantitative estimate of drug-likeness (QED) is 0.0715. The summed E-state index contributed by atoms with van der Waals surface area (Å²) in [6, 6.07) is 0. The molecule has 0 bridgehead atoms. The Labute approximate surface area is 202 Å². The molecule has 4 N–H and O–H groups in total. The molecule has 0 aliphatic carbocycles. The molecule has 0 heterocycles. The number of hydrogen-bond donors (Lipinski definition) is 3. The lowest BCUT2D eigenvalue weighted by atomic mass is 10.1. The smallest absolute Gasteiger partial charge is 0.444 e. The highest BCUT2D eigenvalue weighted by Gasteiger charge is 2.22. The minimum Gasteiger partial charge on any atom is -0.444 e. The number of allylic oxidation sites excluding steroid dienone is 2. The van der Waals surface area contributed by atoms with Crippen molar-refractivity contribution >= 4 is 7.82 Å². The van der Waals surface area contributed by atoms with Crippen molar-refractivity contribution in [1.29, 1.82) is 0 Å². The van der Waals surface area contributed by atoms with E-state index in [-0.39, 0.29) is 26.4 Å². The first kappa shape index (κ1) is 32.1. The number of nitrogens with two attached hydrogens (primary N) is 1. The molecule has 0 rings (SSSR count). The summed E-state index contributed by atoms with van der Waals surface area (Å²) in [6.45, 7) is 1.79. The largest absolute Gasteiger partial charge is 0.472 e. The molecule has 0 saturated carbocycles. The summed E-state index contributed by atoms with van der Waals surface area (Å²) in [5, 5.41) is 9.65. The van der Waals surface area contributed by atoms with Crippen LogP contribution < -0.4 is 5.73 Å². The Bertz CT molecular complexity index is 561. The van der Waals surface area contributed by atoms with Crippen LogP contribution in [0, 0.1) is 12.0 Å². The molecule has 0 aromatic heterocycles. The fraction of sp³-hybridized carbons (Fsp3) is 0.840. The highest BCUT2D eigenvalue weighted by Crippen LogP contribution is 2.42. The van der Waals surface area contributed by atoms with E-state index in [1.807, 2.05) is 0 Å². The van der Waals surface area contributed by atoms with Crippen molar-refractivity contribution in [2.75, 3.05) is 26.4 Å². The van der Waals surface area contributed by atoms with Crippen LogP contribution in [0.25, 0.3) is 0 Å². The monoisotopic (exact) mass is 489 g/mol. The molecule has 8 heteroatoms. The second-order valence-corrected chi connectivity index (χ2v) is 9.77. The van der Waals surface area contributed by atoms with Gasteiger partial charge in [-0.2, -0.15) is 0 Å². The van der Waals surface area contributed by atoms with Crippen molar-refractivity contribution in [1.82, 2.24) is 0 Å². The van der Waals surface area contributed by atoms with Crippen LogP contribution in [0.15, 0.2) is 12.2 Å². The summed E-state index contributed by atoms with van der Waals surface area (Å²) >= 11 is 0. The second kappa shape index (κ2) is 24.3. The molecule has 0 aliphatic rings. The Kier molecular flexibility index (Phi) is 23.6. The Hall–Kier alpha value is -0.870. The zero-order valence-electron chi connectivity index (χ0n) is 20.7. The van der Waals surface area contributed by atoms with Crippen LogP contribution in [0.2, 0.25) is 0 Å². The first-order chi connectivity index (χ1) is 16.0. The van der Waals surface area contributed by atoms with Crippen molar-refractivity contribution in [3.63, 3.8) is 0 Å². The maximum Gasteiger partial charge on any atom is 0.472 e. The summed E-state index contributed by atoms with van der Waals surface area (Å²) in [4.78, 5) is 9.31. The summed E-state index contributed by atoms with van der Waals surface area (Å²) in [6.07, 6.45) is 24.8. The van der Waals surface area contributed by atoms with E-state index in [0.717, 1.165) is 19.3 Å². The van der Waals surface area contributed by atoms with Gasteiger partial charge in [-0.3, -0.25) is 9.05 Å². The van der Waals surface area contributed by atoms with Crippen molar-refractivity contribution in [2.24, 2.45) is 5.73 Å². The minimum atomic E-state index is -4.18. The molecule has 0 fully saturated rings. The van der Waals surface area contributed by atoms with Gasteiger partial charge in [-0.1, -0.05) is 82.8 Å². The van der Waals surface area contributed by atoms with Crippen LogP contribution in [0.1, 0.15) is 103 Å². The molecule has 33 heavy (non-hydrogen) atoms. The van der Waals surface area contributed by atoms with Crippen LogP contribution in [0.5, 0.6) is 0 Å². The van der Waals surface area contributed by atoms with E-state index in [1.165, 1.54) is 77.0 Å². The van der Waals surface area contributed by atoms with E-state index in [2.05, 4.69) is 40.2 Å². The maximum absolute atomic E-state index is 11.4. The van der Waals surface area contributed by atoms with E-state index in [1.54, 1.807) is 0 Å². The fourth-order valence-electron chi connectivity index (χ4n) is 3.13. The van der Waals surface area contributed by atoms with Crippen molar-refractivity contribution in [2.45, 2.75) is 109 Å². The summed E-state index contributed by atoms with van der Waals surface area (Å²) in [5.74, 6) is 2.91. The van der Waals surface area contributed by atoms with Crippen molar-refractivity contribution in [3.05, 3.63) is 12.2 Å². The highest BCUT2D eigenvalue weighted by molar-refractivity contribution is 7.47. The minimum absolute atomic E-state index is 0.0947. The van der Waals surface area contributed by atoms with Crippen LogP contribution in [-0.4, -0.2) is 42.5 Å². The van der Waals surface area contributed by atoms with Gasteiger partial charge < -0.3 is 20.5 Å². The summed E-state index contributed by atoms with van der Waals surface area (Å²) in [5.41, 5.74) is 5.18. The van der Waals surface area contributed by atoms with Gasteiger partial charge in [0.05, 0.1) is 13.2 Å². The molecule has 0 aliphatic heterocycles. The molecule has 0 spiro atoms. The number of hydrogen-bond acceptors (Lipinski definition) is 6. The first-order valence-electron chi connectivity index (χ1n) is 12.8. The molecule has 0 aromatic rings. The van der Waals surface area contributed by atoms with Crippen molar-refractivity contribution < 1.29 is 28.3 Å². The number of phosphoric acid groups is 1. The van der Waals surface area contributed by atoms with E-state index in [0.29, 0.717) is 0 Å². The Morgan fingerprint density at radius 2 is 1.45 bits per heavy atom. The lowest BCUT2D eigenvalue weighted by molar-refractivity contribution is 0.0360. The molecular formula is C25H48NO6P. The third kappa shape index (κ3) is 25.6. The molecule has 1 unspecified atom stereocenters. The van der Waals surface area contributed by atoms with E-state index in [4.69, 9.17) is 10.5 Å². The zero-order valence-corrected chi connectivity index (χ0v) is 21.6. The van der Waals surface area contributed by atoms with E-state index < -0.39 is 13.9 Å². The molecule has 0 amide bonds. The van der Waals surface area contributed by atoms with Gasteiger partial charge in [-0.15, -0.1) is 0 Å². The molecule has 0 radical (unpaired) electrons. The number of aliphatic hydroxyl groups is 1. The maximum atomic E-state index is 11.4. The number of phosphoric ester groups is 1. The van der Waals surface area contributed by atoms with Crippen LogP contribution >= 0.6 is 7.82 Å². The van der Waals surface area contributed by atoms with Gasteiger partial charge in [0.15, 0.2) is 0 Å². The van der Waals surface area contributed by atoms with Crippen LogP contribution in [0.3, 0.4) is 0 Å². The van der Waals surface area contributed by atoms with Gasteiger partial charge >= 0.3 is 7.82 Å². The van der Waals surface area contributed by atoms with Gasteiger partial charge in [-0.05, 0) is 32.1 Å². The Morgan fingerprint density at radius 3 is 2.06 bits per heavy atom.